The lowest BCUT2D eigenvalue weighted by molar-refractivity contribution is 0.103. The van der Waals surface area contributed by atoms with E-state index in [-0.39, 0.29) is 5.78 Å². The van der Waals surface area contributed by atoms with Crippen LogP contribution in [0.2, 0.25) is 10.0 Å². The molecule has 92 valence electrons. The van der Waals surface area contributed by atoms with Gasteiger partial charge in [-0.2, -0.15) is 0 Å². The Morgan fingerprint density at radius 2 is 1.78 bits per heavy atom. The number of carbonyl (C=O) groups excluding carboxylic acids is 1. The lowest BCUT2D eigenvalue weighted by atomic mass is 10.0. The molecule has 0 fully saturated rings. The Bertz CT molecular complexity index is 628. The molecule has 0 aromatic heterocycles. The van der Waals surface area contributed by atoms with Crippen LogP contribution in [0, 0.1) is 0 Å². The number of nitrogens with two attached hydrogens (primary N) is 1. The van der Waals surface area contributed by atoms with Gasteiger partial charge in [0.25, 0.3) is 0 Å². The Hall–Kier alpha value is -1.03. The van der Waals surface area contributed by atoms with Gasteiger partial charge in [-0.15, -0.1) is 0 Å². The van der Waals surface area contributed by atoms with Gasteiger partial charge in [-0.25, -0.2) is 0 Å². The van der Waals surface area contributed by atoms with E-state index < -0.39 is 0 Å². The Morgan fingerprint density at radius 1 is 1.06 bits per heavy atom. The molecule has 0 saturated carbocycles. The summed E-state index contributed by atoms with van der Waals surface area (Å²) in [6, 6.07) is 9.87. The van der Waals surface area contributed by atoms with Gasteiger partial charge in [0.2, 0.25) is 0 Å². The monoisotopic (exact) mass is 343 g/mol. The van der Waals surface area contributed by atoms with Crippen LogP contribution in [0.3, 0.4) is 0 Å². The fourth-order valence-electron chi connectivity index (χ4n) is 1.50. The number of ketones is 1. The molecule has 0 aliphatic heterocycles. The minimum absolute atomic E-state index is 0.186. The Labute approximate surface area is 123 Å². The molecule has 2 aromatic rings. The average molecular weight is 345 g/mol. The van der Waals surface area contributed by atoms with E-state index >= 15 is 0 Å². The first kappa shape index (κ1) is 13.4. The van der Waals surface area contributed by atoms with Crippen LogP contribution in [0.4, 0.5) is 5.69 Å². The van der Waals surface area contributed by atoms with Crippen molar-refractivity contribution >= 4 is 50.6 Å². The van der Waals surface area contributed by atoms with Gasteiger partial charge in [-0.1, -0.05) is 39.1 Å². The van der Waals surface area contributed by atoms with Crippen molar-refractivity contribution in [3.05, 3.63) is 62.0 Å². The molecule has 0 radical (unpaired) electrons. The number of hydrogen-bond donors (Lipinski definition) is 1. The maximum Gasteiger partial charge on any atom is 0.194 e. The van der Waals surface area contributed by atoms with Gasteiger partial charge < -0.3 is 5.73 Å². The molecule has 2 nitrogen and oxygen atoms in total. The third-order valence-corrected chi connectivity index (χ3v) is 3.57. The van der Waals surface area contributed by atoms with Crippen molar-refractivity contribution in [2.75, 3.05) is 5.73 Å². The third kappa shape index (κ3) is 2.69. The fraction of sp³-hybridized carbons (Fsp3) is 0. The largest absolute Gasteiger partial charge is 0.398 e. The van der Waals surface area contributed by atoms with Crippen molar-refractivity contribution in [1.29, 1.82) is 0 Å². The number of hydrogen-bond acceptors (Lipinski definition) is 2. The maximum atomic E-state index is 12.2. The van der Waals surface area contributed by atoms with E-state index in [9.17, 15) is 4.79 Å². The topological polar surface area (TPSA) is 43.1 Å². The molecule has 2 aromatic carbocycles. The van der Waals surface area contributed by atoms with Crippen molar-refractivity contribution in [1.82, 2.24) is 0 Å². The first-order chi connectivity index (χ1) is 8.49. The van der Waals surface area contributed by atoms with Crippen molar-refractivity contribution < 1.29 is 4.79 Å². The van der Waals surface area contributed by atoms with Crippen LogP contribution in [0.1, 0.15) is 15.9 Å². The SMILES string of the molecule is Nc1ccc(C(=O)c2ccc(Br)cc2Cl)cc1Cl. The van der Waals surface area contributed by atoms with E-state index in [1.165, 1.54) is 6.07 Å². The summed E-state index contributed by atoms with van der Waals surface area (Å²) < 4.78 is 0.819. The standard InChI is InChI=1S/C13H8BrCl2NO/c14-8-2-3-9(10(15)6-8)13(18)7-1-4-12(17)11(16)5-7/h1-6H,17H2. The number of rotatable bonds is 2. The minimum Gasteiger partial charge on any atom is -0.398 e. The van der Waals surface area contributed by atoms with E-state index in [1.54, 1.807) is 30.3 Å². The van der Waals surface area contributed by atoms with Crippen LogP contribution in [0.25, 0.3) is 0 Å². The fourth-order valence-corrected chi connectivity index (χ4v) is 2.44. The van der Waals surface area contributed by atoms with Crippen LogP contribution in [-0.2, 0) is 0 Å². The smallest absolute Gasteiger partial charge is 0.194 e. The number of anilines is 1. The Kier molecular flexibility index (Phi) is 3.95. The predicted molar refractivity (Wildman–Crippen MR) is 78.4 cm³/mol. The molecule has 0 heterocycles. The molecule has 0 atom stereocenters. The van der Waals surface area contributed by atoms with Gasteiger partial charge >= 0.3 is 0 Å². The predicted octanol–water partition coefficient (Wildman–Crippen LogP) is 4.57. The Morgan fingerprint density at radius 3 is 2.39 bits per heavy atom. The second-order valence-corrected chi connectivity index (χ2v) is 5.42. The lowest BCUT2D eigenvalue weighted by Gasteiger charge is -2.06. The second-order valence-electron chi connectivity index (χ2n) is 3.69. The summed E-state index contributed by atoms with van der Waals surface area (Å²) in [5, 5.41) is 0.747. The van der Waals surface area contributed by atoms with Gasteiger partial charge in [0.15, 0.2) is 5.78 Å². The van der Waals surface area contributed by atoms with E-state index in [2.05, 4.69) is 15.9 Å². The van der Waals surface area contributed by atoms with Crippen molar-refractivity contribution in [2.24, 2.45) is 0 Å². The van der Waals surface area contributed by atoms with E-state index in [1.807, 2.05) is 0 Å². The van der Waals surface area contributed by atoms with Crippen molar-refractivity contribution in [3.63, 3.8) is 0 Å². The summed E-state index contributed by atoms with van der Waals surface area (Å²) >= 11 is 15.2. The number of nitrogen functional groups attached to an aromatic ring is 1. The van der Waals surface area contributed by atoms with Gasteiger partial charge in [0.05, 0.1) is 15.7 Å². The molecular weight excluding hydrogens is 337 g/mol. The van der Waals surface area contributed by atoms with Crippen molar-refractivity contribution in [3.8, 4) is 0 Å². The summed E-state index contributed by atoms with van der Waals surface area (Å²) in [7, 11) is 0. The molecule has 0 aliphatic carbocycles. The molecule has 0 aliphatic rings. The summed E-state index contributed by atoms with van der Waals surface area (Å²) in [5.41, 5.74) is 6.93. The summed E-state index contributed by atoms with van der Waals surface area (Å²) in [6.45, 7) is 0. The van der Waals surface area contributed by atoms with E-state index in [4.69, 9.17) is 28.9 Å². The first-order valence-corrected chi connectivity index (χ1v) is 6.58. The summed E-state index contributed by atoms with van der Waals surface area (Å²) in [4.78, 5) is 12.2. The minimum atomic E-state index is -0.186. The highest BCUT2D eigenvalue weighted by Gasteiger charge is 2.14. The molecule has 2 rings (SSSR count). The normalized spacial score (nSPS) is 10.4. The molecule has 0 amide bonds. The van der Waals surface area contributed by atoms with Crippen LogP contribution in [0.15, 0.2) is 40.9 Å². The van der Waals surface area contributed by atoms with Crippen LogP contribution in [-0.4, -0.2) is 5.78 Å². The molecule has 0 bridgehead atoms. The zero-order chi connectivity index (χ0) is 13.3. The quantitative estimate of drug-likeness (QED) is 0.640. The van der Waals surface area contributed by atoms with Crippen LogP contribution >= 0.6 is 39.1 Å². The first-order valence-electron chi connectivity index (χ1n) is 5.04. The molecule has 0 unspecified atom stereocenters. The number of halogens is 3. The molecule has 2 N–H and O–H groups in total. The molecule has 5 heteroatoms. The average Bonchev–Trinajstić information content (AvgIpc) is 2.32. The van der Waals surface area contributed by atoms with Gasteiger partial charge in [-0.05, 0) is 36.4 Å². The molecule has 0 saturated heterocycles. The van der Waals surface area contributed by atoms with E-state index in [0.717, 1.165) is 4.47 Å². The highest BCUT2D eigenvalue weighted by Crippen LogP contribution is 2.26. The second kappa shape index (κ2) is 5.31. The van der Waals surface area contributed by atoms with Gasteiger partial charge in [0, 0.05) is 15.6 Å². The maximum absolute atomic E-state index is 12.2. The molecular formula is C13H8BrCl2NO. The lowest BCUT2D eigenvalue weighted by Crippen LogP contribution is -2.02. The Balaban J connectivity index is 2.44. The zero-order valence-electron chi connectivity index (χ0n) is 9.08. The van der Waals surface area contributed by atoms with Crippen LogP contribution < -0.4 is 5.73 Å². The summed E-state index contributed by atoms with van der Waals surface area (Å²) in [5.74, 6) is -0.186. The third-order valence-electron chi connectivity index (χ3n) is 2.44. The molecule has 18 heavy (non-hydrogen) atoms. The van der Waals surface area contributed by atoms with E-state index in [0.29, 0.717) is 26.9 Å². The van der Waals surface area contributed by atoms with Crippen molar-refractivity contribution in [2.45, 2.75) is 0 Å². The highest BCUT2D eigenvalue weighted by atomic mass is 79.9. The highest BCUT2D eigenvalue weighted by molar-refractivity contribution is 9.10. The zero-order valence-corrected chi connectivity index (χ0v) is 12.2. The van der Waals surface area contributed by atoms with Gasteiger partial charge in [0.1, 0.15) is 0 Å². The van der Waals surface area contributed by atoms with Crippen LogP contribution in [0.5, 0.6) is 0 Å². The number of carbonyl (C=O) groups is 1. The number of benzene rings is 2. The summed E-state index contributed by atoms with van der Waals surface area (Å²) in [6.07, 6.45) is 0. The van der Waals surface area contributed by atoms with Gasteiger partial charge in [-0.3, -0.25) is 4.79 Å². The molecule has 0 spiro atoms.